The molecular weight excluding hydrogens is 166 g/mol. The minimum absolute atomic E-state index is 0.0629. The number of aliphatic hydroxyl groups excluding tert-OH is 1. The summed E-state index contributed by atoms with van der Waals surface area (Å²) in [5, 5.41) is 9.84. The van der Waals surface area contributed by atoms with Gasteiger partial charge < -0.3 is 15.3 Å². The normalized spacial score (nSPS) is 10.9. The lowest BCUT2D eigenvalue weighted by molar-refractivity contribution is 0.251. The van der Waals surface area contributed by atoms with Gasteiger partial charge in [0.25, 0.3) is 0 Å². The number of nitrogens with two attached hydrogens (primary N) is 1. The van der Waals surface area contributed by atoms with Gasteiger partial charge in [0.1, 0.15) is 18.0 Å². The van der Waals surface area contributed by atoms with Gasteiger partial charge in [-0.2, -0.15) is 0 Å². The van der Waals surface area contributed by atoms with Crippen LogP contribution in [0.2, 0.25) is 0 Å². The van der Waals surface area contributed by atoms with Crippen LogP contribution in [0.15, 0.2) is 28.7 Å². The molecule has 2 rings (SSSR count). The SMILES string of the molecule is NCc1ccc2oc(CO)cc2c1. The first-order valence-electron chi connectivity index (χ1n) is 4.16. The second-order valence-corrected chi connectivity index (χ2v) is 2.95. The summed E-state index contributed by atoms with van der Waals surface area (Å²) in [5.74, 6) is 0.587. The Morgan fingerprint density at radius 1 is 1.31 bits per heavy atom. The Kier molecular flexibility index (Phi) is 2.04. The summed E-state index contributed by atoms with van der Waals surface area (Å²) >= 11 is 0. The summed E-state index contributed by atoms with van der Waals surface area (Å²) in [7, 11) is 0. The molecule has 0 amide bonds. The molecule has 0 aliphatic carbocycles. The van der Waals surface area contributed by atoms with E-state index in [0.29, 0.717) is 12.3 Å². The molecule has 0 unspecified atom stereocenters. The van der Waals surface area contributed by atoms with E-state index in [4.69, 9.17) is 15.3 Å². The van der Waals surface area contributed by atoms with E-state index in [2.05, 4.69) is 0 Å². The van der Waals surface area contributed by atoms with Crippen LogP contribution in [-0.2, 0) is 13.2 Å². The lowest BCUT2D eigenvalue weighted by atomic mass is 10.1. The van der Waals surface area contributed by atoms with Gasteiger partial charge in [0, 0.05) is 11.9 Å². The molecular formula is C10H11NO2. The van der Waals surface area contributed by atoms with Crippen LogP contribution in [0, 0.1) is 0 Å². The number of rotatable bonds is 2. The second kappa shape index (κ2) is 3.20. The van der Waals surface area contributed by atoms with Crippen LogP contribution in [0.5, 0.6) is 0 Å². The molecule has 13 heavy (non-hydrogen) atoms. The number of fused-ring (bicyclic) bond motifs is 1. The fraction of sp³-hybridized carbons (Fsp3) is 0.200. The Balaban J connectivity index is 2.57. The fourth-order valence-electron chi connectivity index (χ4n) is 1.35. The van der Waals surface area contributed by atoms with Crippen LogP contribution in [-0.4, -0.2) is 5.11 Å². The van der Waals surface area contributed by atoms with E-state index >= 15 is 0 Å². The fourth-order valence-corrected chi connectivity index (χ4v) is 1.35. The van der Waals surface area contributed by atoms with Gasteiger partial charge in [0.05, 0.1) is 0 Å². The maximum absolute atomic E-state index is 8.85. The minimum Gasteiger partial charge on any atom is -0.459 e. The van der Waals surface area contributed by atoms with Crippen molar-refractivity contribution in [1.82, 2.24) is 0 Å². The standard InChI is InChI=1S/C10H11NO2/c11-5-7-1-2-10-8(3-7)4-9(6-12)13-10/h1-4,12H,5-6,11H2. The number of furan rings is 1. The van der Waals surface area contributed by atoms with E-state index < -0.39 is 0 Å². The van der Waals surface area contributed by atoms with Gasteiger partial charge in [-0.15, -0.1) is 0 Å². The van der Waals surface area contributed by atoms with Crippen molar-refractivity contribution in [3.8, 4) is 0 Å². The Morgan fingerprint density at radius 3 is 2.85 bits per heavy atom. The molecule has 0 aliphatic rings. The van der Waals surface area contributed by atoms with Gasteiger partial charge >= 0.3 is 0 Å². The minimum atomic E-state index is -0.0629. The van der Waals surface area contributed by atoms with Gasteiger partial charge in [0.2, 0.25) is 0 Å². The van der Waals surface area contributed by atoms with Gasteiger partial charge in [-0.3, -0.25) is 0 Å². The first-order valence-corrected chi connectivity index (χ1v) is 4.16. The zero-order valence-corrected chi connectivity index (χ0v) is 7.16. The third-order valence-electron chi connectivity index (χ3n) is 2.02. The van der Waals surface area contributed by atoms with Crippen molar-refractivity contribution in [2.45, 2.75) is 13.2 Å². The zero-order valence-electron chi connectivity index (χ0n) is 7.16. The Bertz CT molecular complexity index is 418. The largest absolute Gasteiger partial charge is 0.459 e. The molecule has 2 aromatic rings. The van der Waals surface area contributed by atoms with Crippen molar-refractivity contribution < 1.29 is 9.52 Å². The number of aliphatic hydroxyl groups is 1. The third-order valence-corrected chi connectivity index (χ3v) is 2.02. The molecule has 3 nitrogen and oxygen atoms in total. The van der Waals surface area contributed by atoms with Crippen molar-refractivity contribution in [2.24, 2.45) is 5.73 Å². The molecule has 0 saturated heterocycles. The molecule has 3 heteroatoms. The highest BCUT2D eigenvalue weighted by Gasteiger charge is 2.02. The topological polar surface area (TPSA) is 59.4 Å². The van der Waals surface area contributed by atoms with E-state index in [1.807, 2.05) is 24.3 Å². The average molecular weight is 177 g/mol. The summed E-state index contributed by atoms with van der Waals surface area (Å²) in [5.41, 5.74) is 7.36. The van der Waals surface area contributed by atoms with E-state index in [0.717, 1.165) is 16.5 Å². The number of hydrogen-bond donors (Lipinski definition) is 2. The number of benzene rings is 1. The van der Waals surface area contributed by atoms with Crippen molar-refractivity contribution in [3.05, 3.63) is 35.6 Å². The van der Waals surface area contributed by atoms with E-state index in [1.165, 1.54) is 0 Å². The van der Waals surface area contributed by atoms with Crippen LogP contribution in [0.1, 0.15) is 11.3 Å². The van der Waals surface area contributed by atoms with Crippen LogP contribution in [0.25, 0.3) is 11.0 Å². The van der Waals surface area contributed by atoms with Gasteiger partial charge in [0.15, 0.2) is 0 Å². The van der Waals surface area contributed by atoms with E-state index in [9.17, 15) is 0 Å². The molecule has 0 radical (unpaired) electrons. The maximum Gasteiger partial charge on any atom is 0.134 e. The van der Waals surface area contributed by atoms with Crippen molar-refractivity contribution >= 4 is 11.0 Å². The van der Waals surface area contributed by atoms with Gasteiger partial charge in [-0.05, 0) is 23.8 Å². The Morgan fingerprint density at radius 2 is 2.15 bits per heavy atom. The molecule has 0 atom stereocenters. The quantitative estimate of drug-likeness (QED) is 0.728. The summed E-state index contributed by atoms with van der Waals surface area (Å²) < 4.78 is 5.33. The molecule has 68 valence electrons. The summed E-state index contributed by atoms with van der Waals surface area (Å²) in [6.07, 6.45) is 0. The average Bonchev–Trinajstić information content (AvgIpc) is 2.58. The predicted molar refractivity (Wildman–Crippen MR) is 50.0 cm³/mol. The highest BCUT2D eigenvalue weighted by Crippen LogP contribution is 2.20. The van der Waals surface area contributed by atoms with Crippen LogP contribution in [0.4, 0.5) is 0 Å². The maximum atomic E-state index is 8.85. The predicted octanol–water partition coefficient (Wildman–Crippen LogP) is 1.38. The monoisotopic (exact) mass is 177 g/mol. The number of hydrogen-bond acceptors (Lipinski definition) is 3. The molecule has 1 aromatic carbocycles. The van der Waals surface area contributed by atoms with E-state index in [-0.39, 0.29) is 6.61 Å². The summed E-state index contributed by atoms with van der Waals surface area (Å²) in [6, 6.07) is 7.59. The molecule has 0 fully saturated rings. The van der Waals surface area contributed by atoms with E-state index in [1.54, 1.807) is 0 Å². The molecule has 3 N–H and O–H groups in total. The molecule has 0 bridgehead atoms. The highest BCUT2D eigenvalue weighted by molar-refractivity contribution is 5.78. The molecule has 0 spiro atoms. The Hall–Kier alpha value is -1.32. The van der Waals surface area contributed by atoms with Crippen LogP contribution in [0.3, 0.4) is 0 Å². The first-order chi connectivity index (χ1) is 6.33. The first kappa shape index (κ1) is 8.29. The molecule has 0 saturated carbocycles. The third kappa shape index (κ3) is 1.43. The lowest BCUT2D eigenvalue weighted by Crippen LogP contribution is -1.94. The van der Waals surface area contributed by atoms with Crippen molar-refractivity contribution in [3.63, 3.8) is 0 Å². The lowest BCUT2D eigenvalue weighted by Gasteiger charge is -1.93. The van der Waals surface area contributed by atoms with Crippen molar-refractivity contribution in [1.29, 1.82) is 0 Å². The van der Waals surface area contributed by atoms with Crippen LogP contribution >= 0.6 is 0 Å². The smallest absolute Gasteiger partial charge is 0.134 e. The second-order valence-electron chi connectivity index (χ2n) is 2.95. The van der Waals surface area contributed by atoms with Gasteiger partial charge in [-0.1, -0.05) is 6.07 Å². The highest BCUT2D eigenvalue weighted by atomic mass is 16.4. The summed E-state index contributed by atoms with van der Waals surface area (Å²) in [4.78, 5) is 0. The Labute approximate surface area is 75.8 Å². The summed E-state index contributed by atoms with van der Waals surface area (Å²) in [6.45, 7) is 0.461. The van der Waals surface area contributed by atoms with Crippen molar-refractivity contribution in [2.75, 3.05) is 0 Å². The molecule has 0 aliphatic heterocycles. The van der Waals surface area contributed by atoms with Gasteiger partial charge in [-0.25, -0.2) is 0 Å². The van der Waals surface area contributed by atoms with Crippen LogP contribution < -0.4 is 5.73 Å². The molecule has 1 aromatic heterocycles. The zero-order chi connectivity index (χ0) is 9.26. The molecule has 1 heterocycles.